The Labute approximate surface area is 157 Å². The van der Waals surface area contributed by atoms with Crippen LogP contribution in [-0.2, 0) is 37.3 Å². The van der Waals surface area contributed by atoms with E-state index < -0.39 is 20.2 Å². The summed E-state index contributed by atoms with van der Waals surface area (Å²) in [7, 11) is -8.62. The molecular weight excluding hydrogens is 416 g/mol. The van der Waals surface area contributed by atoms with Crippen LogP contribution in [0, 0.1) is 0 Å². The second-order valence-electron chi connectivity index (χ2n) is 4.45. The van der Waals surface area contributed by atoms with Crippen molar-refractivity contribution in [2.45, 2.75) is 9.79 Å². The minimum Gasteiger partial charge on any atom is -0.744 e. The quantitative estimate of drug-likeness (QED) is 0.544. The van der Waals surface area contributed by atoms with E-state index in [9.17, 15) is 25.9 Å². The van der Waals surface area contributed by atoms with E-state index in [0.29, 0.717) is 0 Å². The molecule has 0 amide bonds. The van der Waals surface area contributed by atoms with Crippen molar-refractivity contribution >= 4 is 32.4 Å². The van der Waals surface area contributed by atoms with Crippen LogP contribution in [0.3, 0.4) is 0 Å². The molecule has 0 saturated carbocycles. The van der Waals surface area contributed by atoms with Gasteiger partial charge in [-0.2, -0.15) is 0 Å². The van der Waals surface area contributed by atoms with Crippen LogP contribution < -0.4 is 0 Å². The van der Waals surface area contributed by atoms with Crippen LogP contribution in [0.5, 0.6) is 0 Å². The first-order valence-electron chi connectivity index (χ1n) is 6.44. The van der Waals surface area contributed by atoms with E-state index >= 15 is 0 Å². The van der Waals surface area contributed by atoms with Crippen LogP contribution in [0.2, 0.25) is 0 Å². The number of hydrogen-bond donors (Lipinski definition) is 0. The fourth-order valence-corrected chi connectivity index (χ4v) is 2.48. The summed E-state index contributed by atoms with van der Waals surface area (Å²) in [5.41, 5.74) is 1.56. The molecule has 0 spiro atoms. The second-order valence-corrected chi connectivity index (χ2v) is 7.21. The molecule has 1 radical (unpaired) electrons. The Kier molecular flexibility index (Phi) is 8.99. The van der Waals surface area contributed by atoms with Gasteiger partial charge in [0.2, 0.25) is 0 Å². The number of benzene rings is 2. The summed E-state index contributed by atoms with van der Waals surface area (Å²) in [6.07, 6.45) is 3.14. The van der Waals surface area contributed by atoms with Crippen molar-refractivity contribution in [1.29, 1.82) is 0 Å². The third kappa shape index (κ3) is 7.78. The third-order valence-corrected chi connectivity index (χ3v) is 4.51. The summed E-state index contributed by atoms with van der Waals surface area (Å²) in [5.74, 6) is 0. The molecule has 2 aromatic rings. The van der Waals surface area contributed by atoms with E-state index in [-0.39, 0.29) is 26.9 Å². The average molecular weight is 430 g/mol. The van der Waals surface area contributed by atoms with Gasteiger partial charge in [-0.05, 0) is 35.4 Å². The molecule has 9 heteroatoms. The smallest absolute Gasteiger partial charge is 0.744 e. The maximum atomic E-state index is 10.5. The molecule has 2 aromatic carbocycles. The first kappa shape index (κ1) is 23.3. The van der Waals surface area contributed by atoms with Crippen molar-refractivity contribution in [1.82, 2.24) is 0 Å². The average Bonchev–Trinajstić information content (AvgIpc) is 2.54. The molecule has 0 heterocycles. The van der Waals surface area contributed by atoms with E-state index in [0.717, 1.165) is 11.1 Å². The molecule has 2 rings (SSSR count). The van der Waals surface area contributed by atoms with Gasteiger partial charge < -0.3 is 9.11 Å². The van der Waals surface area contributed by atoms with Crippen LogP contribution in [-0.4, -0.2) is 25.9 Å². The van der Waals surface area contributed by atoms with Gasteiger partial charge in [-0.3, -0.25) is 0 Å². The minimum absolute atomic E-state index is 0. The van der Waals surface area contributed by atoms with E-state index in [1.165, 1.54) is 48.5 Å². The van der Waals surface area contributed by atoms with Crippen molar-refractivity contribution in [2.75, 3.05) is 0 Å². The van der Waals surface area contributed by atoms with Crippen LogP contribution >= 0.6 is 0 Å². The molecule has 6 nitrogen and oxygen atoms in total. The summed E-state index contributed by atoms with van der Waals surface area (Å²) in [4.78, 5) is -0.429. The van der Waals surface area contributed by atoms with Gasteiger partial charge >= 0.3 is 17.1 Å². The Bertz CT molecular complexity index is 836. The van der Waals surface area contributed by atoms with Gasteiger partial charge in [-0.15, -0.1) is 0 Å². The number of rotatable bonds is 4. The van der Waals surface area contributed by atoms with Gasteiger partial charge in [0.15, 0.2) is 0 Å². The van der Waals surface area contributed by atoms with E-state index in [2.05, 4.69) is 13.2 Å². The Hall–Kier alpha value is -1.74. The second kappa shape index (κ2) is 9.67. The van der Waals surface area contributed by atoms with Crippen LogP contribution in [0.15, 0.2) is 71.5 Å². The van der Waals surface area contributed by atoms with Gasteiger partial charge in [-0.25, -0.2) is 16.8 Å². The zero-order chi connectivity index (χ0) is 18.4. The molecule has 0 N–H and O–H groups in total. The van der Waals surface area contributed by atoms with Crippen molar-refractivity contribution in [3.63, 3.8) is 0 Å². The summed E-state index contributed by atoms with van der Waals surface area (Å²) in [6.45, 7) is 6.99. The predicted octanol–water partition coefficient (Wildman–Crippen LogP) is 2.46. The summed E-state index contributed by atoms with van der Waals surface area (Å²) >= 11 is 0. The maximum Gasteiger partial charge on any atom is 2.00 e. The van der Waals surface area contributed by atoms with Gasteiger partial charge in [-0.1, -0.05) is 49.6 Å². The molecule has 137 valence electrons. The summed E-state index contributed by atoms with van der Waals surface area (Å²) in [5, 5.41) is 0. The summed E-state index contributed by atoms with van der Waals surface area (Å²) in [6, 6.07) is 11.2. The third-order valence-electron chi connectivity index (χ3n) is 2.81. The Morgan fingerprint density at radius 1 is 0.640 bits per heavy atom. The number of hydrogen-bond acceptors (Lipinski definition) is 6. The van der Waals surface area contributed by atoms with Crippen LogP contribution in [0.25, 0.3) is 12.2 Å². The SMILES string of the molecule is C=Cc1ccc(S(=O)(=O)[O-])cc1.C=Cc1ccc(S(=O)(=O)[O-])cc1.[Cu+2]. The molecule has 25 heavy (non-hydrogen) atoms. The zero-order valence-corrected chi connectivity index (χ0v) is 15.3. The van der Waals surface area contributed by atoms with E-state index in [4.69, 9.17) is 0 Å². The molecule has 0 aliphatic heterocycles. The molecule has 0 fully saturated rings. The topological polar surface area (TPSA) is 114 Å². The molecule has 0 unspecified atom stereocenters. The van der Waals surface area contributed by atoms with Crippen molar-refractivity contribution < 1.29 is 43.0 Å². The van der Waals surface area contributed by atoms with Crippen molar-refractivity contribution in [3.05, 3.63) is 72.8 Å². The van der Waals surface area contributed by atoms with Gasteiger partial charge in [0.25, 0.3) is 0 Å². The fraction of sp³-hybridized carbons (Fsp3) is 0. The molecule has 0 aromatic heterocycles. The molecular formula is C16H14CuO6S2. The summed E-state index contributed by atoms with van der Waals surface area (Å²) < 4.78 is 62.7. The van der Waals surface area contributed by atoms with Gasteiger partial charge in [0, 0.05) is 0 Å². The van der Waals surface area contributed by atoms with Crippen LogP contribution in [0.4, 0.5) is 0 Å². The zero-order valence-electron chi connectivity index (χ0n) is 12.8. The predicted molar refractivity (Wildman–Crippen MR) is 89.0 cm³/mol. The van der Waals surface area contributed by atoms with Crippen LogP contribution in [0.1, 0.15) is 11.1 Å². The maximum absolute atomic E-state index is 10.5. The van der Waals surface area contributed by atoms with Gasteiger partial charge in [0.05, 0.1) is 9.79 Å². The monoisotopic (exact) mass is 429 g/mol. The molecule has 0 saturated heterocycles. The van der Waals surface area contributed by atoms with Crippen molar-refractivity contribution in [2.24, 2.45) is 0 Å². The normalized spacial score (nSPS) is 10.6. The van der Waals surface area contributed by atoms with Gasteiger partial charge in [0.1, 0.15) is 20.2 Å². The van der Waals surface area contributed by atoms with Crippen molar-refractivity contribution in [3.8, 4) is 0 Å². The Morgan fingerprint density at radius 3 is 1.04 bits per heavy atom. The van der Waals surface area contributed by atoms with E-state index in [1.807, 2.05) is 0 Å². The first-order valence-corrected chi connectivity index (χ1v) is 9.26. The molecule has 0 aliphatic rings. The Morgan fingerprint density at radius 2 is 0.880 bits per heavy atom. The molecule has 0 bridgehead atoms. The first-order chi connectivity index (χ1) is 11.1. The molecule has 0 aliphatic carbocycles. The fourth-order valence-electron chi connectivity index (χ4n) is 1.54. The Balaban J connectivity index is 0.000000443. The minimum atomic E-state index is -4.31. The van der Waals surface area contributed by atoms with E-state index in [1.54, 1.807) is 12.2 Å². The largest absolute Gasteiger partial charge is 2.00 e. The molecule has 0 atom stereocenters. The standard InChI is InChI=1S/2C8H8O3S.Cu/c2*1-2-7-3-5-8(6-4-7)12(9,10)11;/h2*2-6H,1H2,(H,9,10,11);/q;;+2/p-2.